The van der Waals surface area contributed by atoms with E-state index in [2.05, 4.69) is 50.1 Å². The van der Waals surface area contributed by atoms with Crippen molar-refractivity contribution in [3.63, 3.8) is 0 Å². The van der Waals surface area contributed by atoms with Gasteiger partial charge < -0.3 is 16.5 Å². The van der Waals surface area contributed by atoms with E-state index in [4.69, 9.17) is 16.5 Å². The van der Waals surface area contributed by atoms with Crippen molar-refractivity contribution >= 4 is 42.5 Å². The Morgan fingerprint density at radius 1 is 0.950 bits per heavy atom. The summed E-state index contributed by atoms with van der Waals surface area (Å²) < 4.78 is 24.1. The summed E-state index contributed by atoms with van der Waals surface area (Å²) in [5.74, 6) is 0. The van der Waals surface area contributed by atoms with Gasteiger partial charge in [-0.25, -0.2) is 0 Å². The number of rotatable bonds is 2. The van der Waals surface area contributed by atoms with E-state index in [1.165, 1.54) is 0 Å². The second-order valence-electron chi connectivity index (χ2n) is 5.58. The highest BCUT2D eigenvalue weighted by Gasteiger charge is 2.37. The number of hydrogen-bond donors (Lipinski definition) is 0. The predicted molar refractivity (Wildman–Crippen MR) is 90.5 cm³/mol. The van der Waals surface area contributed by atoms with E-state index in [-0.39, 0.29) is 0 Å². The van der Waals surface area contributed by atoms with Crippen molar-refractivity contribution in [3.8, 4) is 0 Å². The lowest BCUT2D eigenvalue weighted by Crippen LogP contribution is -2.53. The van der Waals surface area contributed by atoms with Crippen LogP contribution in [-0.4, -0.2) is 36.4 Å². The molecule has 0 radical (unpaired) electrons. The zero-order valence-electron chi connectivity index (χ0n) is 12.5. The summed E-state index contributed by atoms with van der Waals surface area (Å²) >= 11 is 0. The standard InChI is InChI=1S/C12H22O4Si4/c1-19(2)13-17-14-20(3,4)16-18(15-19)11-10-12-8-6-5-7-9-12/h5-11,18H,17H2,1-4H3. The molecule has 1 aromatic carbocycles. The summed E-state index contributed by atoms with van der Waals surface area (Å²) in [5.41, 5.74) is 3.24. The average Bonchev–Trinajstić information content (AvgIpc) is 2.34. The number of hydrogen-bond acceptors (Lipinski definition) is 4. The van der Waals surface area contributed by atoms with Crippen molar-refractivity contribution in [2.45, 2.75) is 26.2 Å². The van der Waals surface area contributed by atoms with E-state index in [1.807, 2.05) is 18.2 Å². The fraction of sp³-hybridized carbons (Fsp3) is 0.333. The summed E-state index contributed by atoms with van der Waals surface area (Å²) in [4.78, 5) is 0. The highest BCUT2D eigenvalue weighted by molar-refractivity contribution is 6.83. The highest BCUT2D eigenvalue weighted by Crippen LogP contribution is 2.18. The van der Waals surface area contributed by atoms with Gasteiger partial charge in [-0.2, -0.15) is 0 Å². The van der Waals surface area contributed by atoms with Gasteiger partial charge in [0.2, 0.25) is 0 Å². The topological polar surface area (TPSA) is 36.9 Å². The molecule has 0 aromatic heterocycles. The lowest BCUT2D eigenvalue weighted by molar-refractivity contribution is 0.280. The molecular weight excluding hydrogens is 320 g/mol. The van der Waals surface area contributed by atoms with Crippen LogP contribution in [0, 0.1) is 0 Å². The van der Waals surface area contributed by atoms with Crippen molar-refractivity contribution in [1.29, 1.82) is 0 Å². The minimum absolute atomic E-state index is 0.972. The molecule has 20 heavy (non-hydrogen) atoms. The van der Waals surface area contributed by atoms with Crippen LogP contribution >= 0.6 is 0 Å². The first kappa shape index (κ1) is 16.0. The SMILES string of the molecule is C[Si]1(C)O[SiH2]O[Si](C)(C)O[SiH](C=Cc2ccccc2)O1. The summed E-state index contributed by atoms with van der Waals surface area (Å²) in [5, 5.41) is 0. The third-order valence-electron chi connectivity index (χ3n) is 2.86. The van der Waals surface area contributed by atoms with Gasteiger partial charge in [-0.15, -0.1) is 0 Å². The second kappa shape index (κ2) is 6.62. The molecule has 0 bridgehead atoms. The van der Waals surface area contributed by atoms with Gasteiger partial charge in [-0.05, 0) is 37.5 Å². The quantitative estimate of drug-likeness (QED) is 0.770. The zero-order valence-corrected chi connectivity index (χ0v) is 17.0. The Bertz CT molecular complexity index is 446. The fourth-order valence-electron chi connectivity index (χ4n) is 1.80. The van der Waals surface area contributed by atoms with Gasteiger partial charge in [-0.1, -0.05) is 36.4 Å². The molecule has 8 heteroatoms. The monoisotopic (exact) mass is 342 g/mol. The van der Waals surface area contributed by atoms with Gasteiger partial charge >= 0.3 is 26.4 Å². The van der Waals surface area contributed by atoms with Crippen LogP contribution in [0.1, 0.15) is 5.56 Å². The largest absolute Gasteiger partial charge is 0.420 e. The van der Waals surface area contributed by atoms with Gasteiger partial charge in [-0.3, -0.25) is 0 Å². The van der Waals surface area contributed by atoms with Crippen molar-refractivity contribution in [2.24, 2.45) is 0 Å². The average molecular weight is 343 g/mol. The molecule has 1 aromatic rings. The Kier molecular flexibility index (Phi) is 5.31. The van der Waals surface area contributed by atoms with Crippen LogP contribution in [-0.2, 0) is 16.5 Å². The molecule has 1 aliphatic rings. The molecule has 0 saturated carbocycles. The third-order valence-corrected chi connectivity index (χ3v) is 16.3. The minimum Gasteiger partial charge on any atom is -0.420 e. The van der Waals surface area contributed by atoms with Gasteiger partial charge in [0.25, 0.3) is 10.0 Å². The highest BCUT2D eigenvalue weighted by atomic mass is 28.5. The van der Waals surface area contributed by atoms with Gasteiger partial charge in [0.15, 0.2) is 0 Å². The Balaban J connectivity index is 2.11. The van der Waals surface area contributed by atoms with E-state index in [1.54, 1.807) is 0 Å². The molecule has 0 unspecified atom stereocenters. The summed E-state index contributed by atoms with van der Waals surface area (Å²) in [6.45, 7) is 8.23. The summed E-state index contributed by atoms with van der Waals surface area (Å²) in [6, 6.07) is 10.2. The molecule has 1 saturated heterocycles. The fourth-order valence-corrected chi connectivity index (χ4v) is 12.7. The van der Waals surface area contributed by atoms with Gasteiger partial charge in [0.1, 0.15) is 0 Å². The molecule has 0 atom stereocenters. The van der Waals surface area contributed by atoms with Crippen LogP contribution in [0.3, 0.4) is 0 Å². The predicted octanol–water partition coefficient (Wildman–Crippen LogP) is 1.94. The molecule has 0 aliphatic carbocycles. The van der Waals surface area contributed by atoms with Crippen molar-refractivity contribution in [1.82, 2.24) is 0 Å². The molecule has 1 heterocycles. The van der Waals surface area contributed by atoms with E-state index in [9.17, 15) is 0 Å². The van der Waals surface area contributed by atoms with Crippen LogP contribution < -0.4 is 0 Å². The Morgan fingerprint density at radius 3 is 2.05 bits per heavy atom. The number of benzene rings is 1. The normalized spacial score (nSPS) is 27.3. The lowest BCUT2D eigenvalue weighted by atomic mass is 10.2. The molecule has 0 spiro atoms. The van der Waals surface area contributed by atoms with E-state index in [0.717, 1.165) is 5.56 Å². The maximum atomic E-state index is 6.17. The minimum atomic E-state index is -2.09. The van der Waals surface area contributed by atoms with E-state index < -0.39 is 36.4 Å². The summed E-state index contributed by atoms with van der Waals surface area (Å²) in [6.07, 6.45) is 2.07. The molecular formula is C12H22O4Si4. The molecule has 4 nitrogen and oxygen atoms in total. The van der Waals surface area contributed by atoms with Crippen LogP contribution in [0.5, 0.6) is 0 Å². The molecule has 1 fully saturated rings. The van der Waals surface area contributed by atoms with Gasteiger partial charge in [0, 0.05) is 0 Å². The smallest absolute Gasteiger partial charge is 0.330 e. The van der Waals surface area contributed by atoms with E-state index >= 15 is 0 Å². The van der Waals surface area contributed by atoms with Crippen molar-refractivity contribution in [2.75, 3.05) is 0 Å². The van der Waals surface area contributed by atoms with Gasteiger partial charge in [0.05, 0.1) is 0 Å². The molecule has 0 N–H and O–H groups in total. The summed E-state index contributed by atoms with van der Waals surface area (Å²) in [7, 11) is -7.06. The van der Waals surface area contributed by atoms with Crippen LogP contribution in [0.4, 0.5) is 0 Å². The van der Waals surface area contributed by atoms with Crippen molar-refractivity contribution < 1.29 is 16.5 Å². The Labute approximate surface area is 127 Å². The first-order valence-corrected chi connectivity index (χ1v) is 15.1. The van der Waals surface area contributed by atoms with E-state index in [0.29, 0.717) is 0 Å². The van der Waals surface area contributed by atoms with Crippen molar-refractivity contribution in [3.05, 3.63) is 41.6 Å². The third kappa shape index (κ3) is 5.22. The lowest BCUT2D eigenvalue weighted by Gasteiger charge is -2.36. The Morgan fingerprint density at radius 2 is 1.50 bits per heavy atom. The molecule has 110 valence electrons. The maximum absolute atomic E-state index is 6.17. The maximum Gasteiger partial charge on any atom is 0.330 e. The van der Waals surface area contributed by atoms with Crippen LogP contribution in [0.15, 0.2) is 36.0 Å². The first-order chi connectivity index (χ1) is 9.36. The molecule has 0 amide bonds. The zero-order chi connectivity index (χ0) is 14.6. The molecule has 1 aliphatic heterocycles. The van der Waals surface area contributed by atoms with Crippen LogP contribution in [0.2, 0.25) is 26.2 Å². The molecule has 2 rings (SSSR count). The second-order valence-corrected chi connectivity index (χ2v) is 16.7. The Hall–Kier alpha value is -0.332. The first-order valence-electron chi connectivity index (χ1n) is 6.73. The van der Waals surface area contributed by atoms with Crippen LogP contribution in [0.25, 0.3) is 6.08 Å².